The minimum atomic E-state index is -1.19. The van der Waals surface area contributed by atoms with Crippen LogP contribution in [-0.4, -0.2) is 45.6 Å². The molecule has 10 rings (SSSR count). The molecule has 0 spiro atoms. The molecular formula is C60H54Cl6CuN6O4. The summed E-state index contributed by atoms with van der Waals surface area (Å²) in [6.07, 6.45) is 0. The Hall–Kier alpha value is -6.18. The van der Waals surface area contributed by atoms with Crippen molar-refractivity contribution in [3.05, 3.63) is 298 Å². The average molecular weight is 1200 g/mol. The molecule has 0 bridgehead atoms. The molecule has 8 aromatic rings. The second-order valence-electron chi connectivity index (χ2n) is 16.4. The number of carbonyl (C=O) groups is 4. The van der Waals surface area contributed by atoms with Gasteiger partial charge in [0.1, 0.15) is 0 Å². The van der Waals surface area contributed by atoms with Gasteiger partial charge in [-0.05, 0) is 44.5 Å². The Kier molecular flexibility index (Phi) is 27.3. The SMILES string of the molecule is ClC(Cl)Cl.ClC(Cl)Cl.NCC(c1ccccc1)c1ccccc1.NCC(c1ccccc1)c1ccccc1.O=C1[N-]C(=O)C(c2ccccc2)(c2ccccc2)N1.O=C1[N-]C(=O)C(c2ccccc2)(c2ccccc2)N1.[Cu+2]. The normalized spacial score (nSPS) is 13.4. The van der Waals surface area contributed by atoms with Gasteiger partial charge in [0.2, 0.25) is 0 Å². The van der Waals surface area contributed by atoms with Crippen LogP contribution < -0.4 is 22.1 Å². The first-order valence-corrected chi connectivity index (χ1v) is 26.2. The number of urea groups is 2. The number of rotatable bonds is 10. The second kappa shape index (κ2) is 33.2. The largest absolute Gasteiger partial charge is 2.00 e. The van der Waals surface area contributed by atoms with E-state index >= 15 is 0 Å². The number of nitrogens with zero attached hydrogens (tertiary/aromatic N) is 2. The summed E-state index contributed by atoms with van der Waals surface area (Å²) in [5.41, 5.74) is 17.3. The van der Waals surface area contributed by atoms with Crippen molar-refractivity contribution in [1.29, 1.82) is 0 Å². The van der Waals surface area contributed by atoms with Crippen molar-refractivity contribution in [1.82, 2.24) is 10.6 Å². The zero-order valence-electron chi connectivity index (χ0n) is 41.1. The van der Waals surface area contributed by atoms with Gasteiger partial charge < -0.3 is 32.7 Å². The van der Waals surface area contributed by atoms with Crippen molar-refractivity contribution in [2.24, 2.45) is 11.5 Å². The monoisotopic (exact) mass is 1200 g/mol. The molecule has 0 atom stereocenters. The number of hydrogen-bond donors (Lipinski definition) is 4. The van der Waals surface area contributed by atoms with Gasteiger partial charge in [-0.1, -0.05) is 312 Å². The van der Waals surface area contributed by atoms with Crippen LogP contribution in [0, 0.1) is 0 Å². The van der Waals surface area contributed by atoms with E-state index in [1.54, 1.807) is 0 Å². The minimum absolute atomic E-state index is 0. The number of benzene rings is 8. The molecule has 10 nitrogen and oxygen atoms in total. The summed E-state index contributed by atoms with van der Waals surface area (Å²) in [6, 6.07) is 77.0. The molecule has 1 radical (unpaired) electrons. The van der Waals surface area contributed by atoms with Gasteiger partial charge in [-0.25, -0.2) is 0 Å². The Bertz CT molecular complexity index is 2600. The van der Waals surface area contributed by atoms with Gasteiger partial charge in [0, 0.05) is 24.9 Å². The molecule has 0 saturated carbocycles. The number of nitrogens with one attached hydrogen (secondary N) is 2. The molecule has 0 aliphatic carbocycles. The molecule has 2 fully saturated rings. The maximum absolute atomic E-state index is 12.3. The molecule has 77 heavy (non-hydrogen) atoms. The third-order valence-electron chi connectivity index (χ3n) is 11.7. The smallest absolute Gasteiger partial charge is 0.430 e. The molecule has 2 aliphatic rings. The molecule has 0 aromatic heterocycles. The van der Waals surface area contributed by atoms with Gasteiger partial charge >= 0.3 is 17.1 Å². The zero-order chi connectivity index (χ0) is 54.8. The number of carbonyl (C=O) groups excluding carboxylic acids is 4. The fourth-order valence-electron chi connectivity index (χ4n) is 8.37. The van der Waals surface area contributed by atoms with E-state index in [0.717, 1.165) is 0 Å². The van der Waals surface area contributed by atoms with E-state index < -0.39 is 43.5 Å². The molecule has 2 heterocycles. The standard InChI is InChI=1S/2C15H12N2O2.2C14H15N.2CHCl3.Cu/c2*18-13-15(17-14(19)16-13,11-7-3-1-4-8-11)12-9-5-2-6-10-12;2*15-11-14(12-7-3-1-4-8-12)13-9-5-2-6-10-13;2*2-1(3)4;/h2*1-10H,(H2,16,17,18,19);2*1-10,14H,11,15H2;2*1H;/q;;;;;;+2/p-2. The van der Waals surface area contributed by atoms with Crippen molar-refractivity contribution in [2.45, 2.75) is 31.5 Å². The summed E-state index contributed by atoms with van der Waals surface area (Å²) in [7, 11) is 0. The molecule has 0 unspecified atom stereocenters. The summed E-state index contributed by atoms with van der Waals surface area (Å²) in [6.45, 7) is 1.29. The Morgan fingerprint density at radius 3 is 0.649 bits per heavy atom. The van der Waals surface area contributed by atoms with E-state index in [4.69, 9.17) is 81.1 Å². The average Bonchev–Trinajstić information content (AvgIpc) is 3.96. The molecule has 2 saturated heterocycles. The maximum atomic E-state index is 12.3. The van der Waals surface area contributed by atoms with Crippen LogP contribution in [-0.2, 0) is 37.7 Å². The Morgan fingerprint density at radius 1 is 0.338 bits per heavy atom. The number of amides is 6. The minimum Gasteiger partial charge on any atom is -0.430 e. The topological polar surface area (TPSA) is 173 Å². The second-order valence-corrected chi connectivity index (χ2v) is 20.3. The number of imide groups is 2. The molecule has 8 aromatic carbocycles. The predicted molar refractivity (Wildman–Crippen MR) is 311 cm³/mol. The van der Waals surface area contributed by atoms with Gasteiger partial charge in [0.25, 0.3) is 0 Å². The summed E-state index contributed by atoms with van der Waals surface area (Å²) >= 11 is 28.8. The number of halogens is 6. The van der Waals surface area contributed by atoms with Crippen molar-refractivity contribution in [3.63, 3.8) is 0 Å². The van der Waals surface area contributed by atoms with Crippen LogP contribution in [0.1, 0.15) is 56.3 Å². The third kappa shape index (κ3) is 18.5. The van der Waals surface area contributed by atoms with Gasteiger partial charge in [0.15, 0.2) is 32.5 Å². The Balaban J connectivity index is 0.000000212. The van der Waals surface area contributed by atoms with Crippen molar-refractivity contribution in [3.8, 4) is 0 Å². The van der Waals surface area contributed by atoms with Crippen LogP contribution >= 0.6 is 69.6 Å². The molecule has 2 aliphatic heterocycles. The predicted octanol–water partition coefficient (Wildman–Crippen LogP) is 14.6. The van der Waals surface area contributed by atoms with E-state index in [1.165, 1.54) is 22.3 Å². The van der Waals surface area contributed by atoms with Gasteiger partial charge in [-0.15, -0.1) is 0 Å². The number of nitrogens with two attached hydrogens (primary N) is 2. The molecule has 6 N–H and O–H groups in total. The molecular weight excluding hydrogens is 1140 g/mol. The van der Waals surface area contributed by atoms with Crippen LogP contribution in [0.4, 0.5) is 9.59 Å². The Labute approximate surface area is 490 Å². The van der Waals surface area contributed by atoms with Crippen molar-refractivity contribution < 1.29 is 36.2 Å². The molecule has 17 heteroatoms. The zero-order valence-corrected chi connectivity index (χ0v) is 46.5. The maximum Gasteiger partial charge on any atom is 2.00 e. The van der Waals surface area contributed by atoms with Crippen LogP contribution in [0.2, 0.25) is 0 Å². The number of alkyl halides is 6. The molecule has 6 amide bonds. The van der Waals surface area contributed by atoms with Crippen LogP contribution in [0.3, 0.4) is 0 Å². The summed E-state index contributed by atoms with van der Waals surface area (Å²) in [5.74, 6) is -0.329. The first-order valence-electron chi connectivity index (χ1n) is 23.6. The summed E-state index contributed by atoms with van der Waals surface area (Å²) in [5, 5.41) is 12.4. The van der Waals surface area contributed by atoms with E-state index in [0.29, 0.717) is 47.2 Å². The number of hydrogen-bond acceptors (Lipinski definition) is 6. The molecule has 401 valence electrons. The fraction of sp³-hybridized carbons (Fsp3) is 0.133. The van der Waals surface area contributed by atoms with Crippen LogP contribution in [0.25, 0.3) is 10.6 Å². The van der Waals surface area contributed by atoms with Crippen molar-refractivity contribution >= 4 is 93.5 Å². The quantitative estimate of drug-likeness (QED) is 0.0603. The van der Waals surface area contributed by atoms with Crippen LogP contribution in [0.5, 0.6) is 0 Å². The van der Waals surface area contributed by atoms with E-state index in [9.17, 15) is 19.2 Å². The van der Waals surface area contributed by atoms with E-state index in [2.05, 4.69) is 118 Å². The fourth-order valence-corrected chi connectivity index (χ4v) is 8.37. The first kappa shape index (κ1) is 63.4. The van der Waals surface area contributed by atoms with Crippen LogP contribution in [0.15, 0.2) is 243 Å². The van der Waals surface area contributed by atoms with E-state index in [1.807, 2.05) is 146 Å². The van der Waals surface area contributed by atoms with E-state index in [-0.39, 0.29) is 17.1 Å². The third-order valence-corrected chi connectivity index (χ3v) is 11.7. The van der Waals surface area contributed by atoms with Gasteiger partial charge in [-0.2, -0.15) is 0 Å². The summed E-state index contributed by atoms with van der Waals surface area (Å²) < 4.78 is -1.50. The Morgan fingerprint density at radius 2 is 0.506 bits per heavy atom. The first-order chi connectivity index (χ1) is 36.8. The van der Waals surface area contributed by atoms with Crippen molar-refractivity contribution in [2.75, 3.05) is 13.1 Å². The van der Waals surface area contributed by atoms with Gasteiger partial charge in [-0.3, -0.25) is 19.2 Å². The van der Waals surface area contributed by atoms with Gasteiger partial charge in [0.05, 0.1) is 11.1 Å². The summed E-state index contributed by atoms with van der Waals surface area (Å²) in [4.78, 5) is 47.5.